The van der Waals surface area contributed by atoms with E-state index in [1.54, 1.807) is 0 Å². The number of nitrogens with zero attached hydrogens (tertiary/aromatic N) is 3. The summed E-state index contributed by atoms with van der Waals surface area (Å²) in [4.78, 5) is 9.77. The highest BCUT2D eigenvalue weighted by Crippen LogP contribution is 2.33. The highest BCUT2D eigenvalue weighted by Gasteiger charge is 2.18. The Bertz CT molecular complexity index is 1570. The molecule has 0 saturated heterocycles. The second kappa shape index (κ2) is 10.8. The molecule has 5 aromatic rings. The molecule has 0 fully saturated rings. The van der Waals surface area contributed by atoms with Crippen LogP contribution in [0.25, 0.3) is 22.2 Å². The molecule has 5 rings (SSSR count). The van der Waals surface area contributed by atoms with Crippen molar-refractivity contribution in [2.45, 2.75) is 59.4 Å². The monoisotopic (exact) mass is 499 g/mol. The van der Waals surface area contributed by atoms with Gasteiger partial charge in [0.25, 0.3) is 0 Å². The number of hydrogen-bond acceptors (Lipinski definition) is 2. The Balaban J connectivity index is 1.50. The van der Waals surface area contributed by atoms with Gasteiger partial charge in [0.2, 0.25) is 0 Å². The quantitative estimate of drug-likeness (QED) is 0.205. The minimum absolute atomic E-state index is 0.0967. The number of aromatic nitrogens is 2. The summed E-state index contributed by atoms with van der Waals surface area (Å²) in [7, 11) is 0. The Hall–Kier alpha value is -3.98. The lowest BCUT2D eigenvalue weighted by atomic mass is 9.82. The van der Waals surface area contributed by atoms with Crippen LogP contribution < -0.4 is 0 Å². The summed E-state index contributed by atoms with van der Waals surface area (Å²) >= 11 is 0. The van der Waals surface area contributed by atoms with Gasteiger partial charge in [-0.1, -0.05) is 94.4 Å². The Labute approximate surface area is 226 Å². The number of para-hydroxylation sites is 1. The van der Waals surface area contributed by atoms with E-state index in [9.17, 15) is 0 Å². The number of hydrogen-bond donors (Lipinski definition) is 0. The van der Waals surface area contributed by atoms with Crippen molar-refractivity contribution < 1.29 is 0 Å². The third kappa shape index (κ3) is 5.47. The van der Waals surface area contributed by atoms with Crippen molar-refractivity contribution >= 4 is 22.9 Å². The van der Waals surface area contributed by atoms with Gasteiger partial charge in [0, 0.05) is 19.2 Å². The molecule has 0 unspecified atom stereocenters. The lowest BCUT2D eigenvalue weighted by Gasteiger charge is -2.23. The largest absolute Gasteiger partial charge is 0.323 e. The predicted molar refractivity (Wildman–Crippen MR) is 162 cm³/mol. The van der Waals surface area contributed by atoms with Gasteiger partial charge in [0.1, 0.15) is 5.82 Å². The Morgan fingerprint density at radius 2 is 1.58 bits per heavy atom. The number of aliphatic imine (C=N–C) groups is 1. The molecule has 0 atom stereocenters. The van der Waals surface area contributed by atoms with Gasteiger partial charge in [0.05, 0.1) is 16.7 Å². The third-order valence-electron chi connectivity index (χ3n) is 7.08. The predicted octanol–water partition coefficient (Wildman–Crippen LogP) is 9.06. The van der Waals surface area contributed by atoms with Crippen molar-refractivity contribution in [3.63, 3.8) is 0 Å². The molecule has 4 aromatic carbocycles. The first-order valence-electron chi connectivity index (χ1n) is 13.6. The minimum Gasteiger partial charge on any atom is -0.323 e. The molecule has 0 radical (unpaired) electrons. The highest BCUT2D eigenvalue weighted by molar-refractivity contribution is 5.90. The molecule has 1 aromatic heterocycles. The molecule has 0 saturated carbocycles. The summed E-state index contributed by atoms with van der Waals surface area (Å²) in [6.45, 7) is 12.0. The normalized spacial score (nSPS) is 12.0. The van der Waals surface area contributed by atoms with Crippen molar-refractivity contribution in [1.82, 2.24) is 9.55 Å². The summed E-state index contributed by atoms with van der Waals surface area (Å²) in [6, 6.07) is 32.3. The Morgan fingerprint density at radius 3 is 2.29 bits per heavy atom. The van der Waals surface area contributed by atoms with E-state index in [4.69, 9.17) is 4.98 Å². The van der Waals surface area contributed by atoms with Crippen molar-refractivity contribution in [2.75, 3.05) is 0 Å². The van der Waals surface area contributed by atoms with Crippen LogP contribution in [-0.2, 0) is 18.4 Å². The molecular formula is C35H37N3. The van der Waals surface area contributed by atoms with Crippen LogP contribution in [0.4, 0.5) is 5.69 Å². The van der Waals surface area contributed by atoms with Gasteiger partial charge >= 0.3 is 0 Å². The molecule has 0 spiro atoms. The molecule has 0 aliphatic carbocycles. The topological polar surface area (TPSA) is 30.2 Å². The van der Waals surface area contributed by atoms with Gasteiger partial charge < -0.3 is 4.57 Å². The summed E-state index contributed by atoms with van der Waals surface area (Å²) in [6.07, 6.45) is 3.98. The zero-order valence-corrected chi connectivity index (χ0v) is 23.2. The molecule has 0 N–H and O–H groups in total. The smallest absolute Gasteiger partial charge is 0.110 e. The fourth-order valence-corrected chi connectivity index (χ4v) is 5.16. The fraction of sp³-hybridized carbons (Fsp3) is 0.257. The molecule has 38 heavy (non-hydrogen) atoms. The van der Waals surface area contributed by atoms with E-state index >= 15 is 0 Å². The van der Waals surface area contributed by atoms with Gasteiger partial charge in [-0.25, -0.2) is 4.98 Å². The van der Waals surface area contributed by atoms with Crippen LogP contribution in [0.2, 0.25) is 0 Å². The van der Waals surface area contributed by atoms with Crippen LogP contribution in [0.1, 0.15) is 62.2 Å². The Kier molecular flexibility index (Phi) is 7.28. The zero-order valence-electron chi connectivity index (χ0n) is 23.2. The molecule has 0 aliphatic heterocycles. The molecule has 3 nitrogen and oxygen atoms in total. The van der Waals surface area contributed by atoms with E-state index in [-0.39, 0.29) is 5.41 Å². The van der Waals surface area contributed by atoms with E-state index in [0.717, 1.165) is 42.0 Å². The van der Waals surface area contributed by atoms with E-state index in [2.05, 4.69) is 105 Å². The van der Waals surface area contributed by atoms with Crippen molar-refractivity contribution in [1.29, 1.82) is 0 Å². The van der Waals surface area contributed by atoms with Crippen molar-refractivity contribution in [2.24, 2.45) is 4.99 Å². The first-order valence-corrected chi connectivity index (χ1v) is 13.6. The lowest BCUT2D eigenvalue weighted by molar-refractivity contribution is 0.592. The molecule has 0 aliphatic rings. The lowest BCUT2D eigenvalue weighted by Crippen LogP contribution is -2.12. The number of rotatable bonds is 7. The zero-order chi connectivity index (χ0) is 26.7. The van der Waals surface area contributed by atoms with Gasteiger partial charge in [-0.2, -0.15) is 0 Å². The number of imidazole rings is 1. The van der Waals surface area contributed by atoms with Crippen LogP contribution in [-0.4, -0.2) is 15.8 Å². The average molecular weight is 500 g/mol. The number of fused-ring (bicyclic) bond motifs is 1. The SMILES string of the molecule is CCCc1nc2c(C)cc(C=Nc3ccccc3)cc2n1Cc1ccc(-c2ccccc2C(C)(C)C)cc1. The first-order chi connectivity index (χ1) is 18.3. The minimum atomic E-state index is 0.0967. The molecule has 0 amide bonds. The van der Waals surface area contributed by atoms with Gasteiger partial charge in [-0.15, -0.1) is 0 Å². The summed E-state index contributed by atoms with van der Waals surface area (Å²) in [5.41, 5.74) is 10.8. The standard InChI is InChI=1S/C35H37N3/c1-6-12-33-37-34-25(2)21-27(23-36-29-13-8-7-9-14-29)22-32(34)38(33)24-26-17-19-28(20-18-26)30-15-10-11-16-31(30)35(3,4)5/h7-11,13-23H,6,12,24H2,1-5H3. The van der Waals surface area contributed by atoms with E-state index < -0.39 is 0 Å². The maximum absolute atomic E-state index is 5.08. The van der Waals surface area contributed by atoms with Crippen LogP contribution in [0.15, 0.2) is 96.0 Å². The second-order valence-corrected chi connectivity index (χ2v) is 11.2. The molecule has 1 heterocycles. The molecular weight excluding hydrogens is 462 g/mol. The summed E-state index contributed by atoms with van der Waals surface area (Å²) < 4.78 is 2.39. The first kappa shape index (κ1) is 25.7. The Morgan fingerprint density at radius 1 is 0.868 bits per heavy atom. The fourth-order valence-electron chi connectivity index (χ4n) is 5.16. The third-order valence-corrected chi connectivity index (χ3v) is 7.08. The van der Waals surface area contributed by atoms with E-state index in [0.29, 0.717) is 0 Å². The number of benzene rings is 4. The highest BCUT2D eigenvalue weighted by atomic mass is 15.1. The summed E-state index contributed by atoms with van der Waals surface area (Å²) in [5.74, 6) is 1.14. The van der Waals surface area contributed by atoms with E-state index in [1.807, 2.05) is 36.5 Å². The molecule has 3 heteroatoms. The average Bonchev–Trinajstić information content (AvgIpc) is 3.25. The maximum atomic E-state index is 5.08. The molecule has 0 bridgehead atoms. The summed E-state index contributed by atoms with van der Waals surface area (Å²) in [5, 5.41) is 0. The maximum Gasteiger partial charge on any atom is 0.110 e. The van der Waals surface area contributed by atoms with Gasteiger partial charge in [0.15, 0.2) is 0 Å². The van der Waals surface area contributed by atoms with E-state index in [1.165, 1.54) is 33.3 Å². The van der Waals surface area contributed by atoms with Crippen molar-refractivity contribution in [3.8, 4) is 11.1 Å². The van der Waals surface area contributed by atoms with Crippen LogP contribution in [0.3, 0.4) is 0 Å². The second-order valence-electron chi connectivity index (χ2n) is 11.2. The van der Waals surface area contributed by atoms with Crippen molar-refractivity contribution in [3.05, 3.63) is 119 Å². The van der Waals surface area contributed by atoms with Gasteiger partial charge in [-0.05, 0) is 76.4 Å². The number of aryl methyl sites for hydroxylation is 2. The van der Waals surface area contributed by atoms with Gasteiger partial charge in [-0.3, -0.25) is 4.99 Å². The van der Waals surface area contributed by atoms with Crippen LogP contribution in [0, 0.1) is 6.92 Å². The van der Waals surface area contributed by atoms with Crippen LogP contribution >= 0.6 is 0 Å². The van der Waals surface area contributed by atoms with Crippen LogP contribution in [0.5, 0.6) is 0 Å². The molecule has 192 valence electrons.